The van der Waals surface area contributed by atoms with Gasteiger partial charge in [-0.2, -0.15) is 0 Å². The molecule has 0 aromatic carbocycles. The lowest BCUT2D eigenvalue weighted by atomic mass is 10.1. The van der Waals surface area contributed by atoms with Gasteiger partial charge < -0.3 is 10.6 Å². The van der Waals surface area contributed by atoms with E-state index in [1.54, 1.807) is 0 Å². The molecule has 0 spiro atoms. The van der Waals surface area contributed by atoms with E-state index < -0.39 is 0 Å². The van der Waals surface area contributed by atoms with Gasteiger partial charge in [0, 0.05) is 26.1 Å². The van der Waals surface area contributed by atoms with Gasteiger partial charge >= 0.3 is 0 Å². The predicted octanol–water partition coefficient (Wildman–Crippen LogP) is 0.902. The maximum absolute atomic E-state index is 11.0. The fraction of sp³-hybridized carbons (Fsp3) is 0.900. The number of hydrogen-bond acceptors (Lipinski definition) is 2. The molecule has 76 valence electrons. The molecule has 0 radical (unpaired) electrons. The molecule has 1 rings (SSSR count). The largest absolute Gasteiger partial charge is 0.356 e. The maximum atomic E-state index is 11.0. The van der Waals surface area contributed by atoms with E-state index in [-0.39, 0.29) is 5.91 Å². The Hall–Kier alpha value is -0.570. The van der Waals surface area contributed by atoms with Crippen molar-refractivity contribution < 1.29 is 4.79 Å². The highest BCUT2D eigenvalue weighted by atomic mass is 16.1. The summed E-state index contributed by atoms with van der Waals surface area (Å²) in [6.07, 6.45) is 3.27. The summed E-state index contributed by atoms with van der Waals surface area (Å²) < 4.78 is 0. The van der Waals surface area contributed by atoms with Crippen LogP contribution in [0.1, 0.15) is 33.1 Å². The minimum Gasteiger partial charge on any atom is -0.356 e. The van der Waals surface area contributed by atoms with Crippen LogP contribution in [0.15, 0.2) is 0 Å². The van der Waals surface area contributed by atoms with Crippen molar-refractivity contribution in [2.75, 3.05) is 19.6 Å². The number of nitrogens with one attached hydrogen (secondary N) is 2. The third-order valence-electron chi connectivity index (χ3n) is 2.56. The van der Waals surface area contributed by atoms with Gasteiger partial charge in [-0.15, -0.1) is 0 Å². The minimum atomic E-state index is 0.149. The zero-order valence-corrected chi connectivity index (χ0v) is 8.65. The number of rotatable bonds is 6. The second kappa shape index (κ2) is 4.61. The quantitative estimate of drug-likeness (QED) is 0.602. The topological polar surface area (TPSA) is 41.1 Å². The number of hydrogen-bond donors (Lipinski definition) is 2. The van der Waals surface area contributed by atoms with Crippen molar-refractivity contribution in [2.45, 2.75) is 33.1 Å². The molecule has 0 atom stereocenters. The van der Waals surface area contributed by atoms with E-state index in [2.05, 4.69) is 17.6 Å². The van der Waals surface area contributed by atoms with E-state index in [0.29, 0.717) is 11.8 Å². The Kier molecular flexibility index (Phi) is 3.72. The first-order valence-electron chi connectivity index (χ1n) is 5.14. The van der Waals surface area contributed by atoms with Crippen LogP contribution in [0.4, 0.5) is 0 Å². The van der Waals surface area contributed by atoms with Crippen molar-refractivity contribution in [1.82, 2.24) is 10.6 Å². The SMILES string of the molecule is CCNC(=O)CCNCC1(C)CC1. The van der Waals surface area contributed by atoms with Crippen molar-refractivity contribution in [3.05, 3.63) is 0 Å². The zero-order chi connectivity index (χ0) is 9.73. The van der Waals surface area contributed by atoms with Crippen molar-refractivity contribution in [1.29, 1.82) is 0 Å². The van der Waals surface area contributed by atoms with Gasteiger partial charge in [-0.05, 0) is 25.2 Å². The Morgan fingerprint density at radius 2 is 2.15 bits per heavy atom. The molecule has 0 aliphatic heterocycles. The molecule has 0 unspecified atom stereocenters. The Labute approximate surface area is 80.3 Å². The van der Waals surface area contributed by atoms with E-state index in [4.69, 9.17) is 0 Å². The van der Waals surface area contributed by atoms with Crippen LogP contribution in [0, 0.1) is 5.41 Å². The van der Waals surface area contributed by atoms with Crippen LogP contribution in [0.25, 0.3) is 0 Å². The van der Waals surface area contributed by atoms with Crippen LogP contribution < -0.4 is 10.6 Å². The van der Waals surface area contributed by atoms with Gasteiger partial charge in [-0.3, -0.25) is 4.79 Å². The molecular weight excluding hydrogens is 164 g/mol. The van der Waals surface area contributed by atoms with E-state index in [0.717, 1.165) is 19.6 Å². The molecule has 1 aliphatic carbocycles. The average Bonchev–Trinajstić information content (AvgIpc) is 2.79. The number of carbonyl (C=O) groups is 1. The maximum Gasteiger partial charge on any atom is 0.221 e. The summed E-state index contributed by atoms with van der Waals surface area (Å²) in [4.78, 5) is 11.0. The third-order valence-corrected chi connectivity index (χ3v) is 2.56. The van der Waals surface area contributed by atoms with Crippen LogP contribution in [0.3, 0.4) is 0 Å². The summed E-state index contributed by atoms with van der Waals surface area (Å²) in [6.45, 7) is 6.83. The first-order chi connectivity index (χ1) is 6.16. The number of carbonyl (C=O) groups excluding carboxylic acids is 1. The van der Waals surface area contributed by atoms with Gasteiger partial charge in [0.25, 0.3) is 0 Å². The van der Waals surface area contributed by atoms with Crippen molar-refractivity contribution in [3.63, 3.8) is 0 Å². The van der Waals surface area contributed by atoms with Gasteiger partial charge in [0.15, 0.2) is 0 Å². The summed E-state index contributed by atoms with van der Waals surface area (Å²) in [7, 11) is 0. The first-order valence-corrected chi connectivity index (χ1v) is 5.14. The second-order valence-electron chi connectivity index (χ2n) is 4.19. The van der Waals surface area contributed by atoms with Crippen LogP contribution in [-0.2, 0) is 4.79 Å². The lowest BCUT2D eigenvalue weighted by molar-refractivity contribution is -0.120. The smallest absolute Gasteiger partial charge is 0.221 e. The van der Waals surface area contributed by atoms with E-state index >= 15 is 0 Å². The Morgan fingerprint density at radius 1 is 1.46 bits per heavy atom. The summed E-state index contributed by atoms with van der Waals surface area (Å²) in [5.74, 6) is 0.149. The molecule has 1 aliphatic rings. The molecule has 0 heterocycles. The molecule has 2 N–H and O–H groups in total. The molecule has 0 saturated heterocycles. The summed E-state index contributed by atoms with van der Waals surface area (Å²) in [5.41, 5.74) is 0.543. The lowest BCUT2D eigenvalue weighted by Crippen LogP contribution is -2.29. The molecule has 0 bridgehead atoms. The van der Waals surface area contributed by atoms with Crippen molar-refractivity contribution in [2.24, 2.45) is 5.41 Å². The third kappa shape index (κ3) is 4.27. The van der Waals surface area contributed by atoms with E-state index in [9.17, 15) is 4.79 Å². The fourth-order valence-corrected chi connectivity index (χ4v) is 1.27. The molecule has 0 aromatic rings. The van der Waals surface area contributed by atoms with Crippen molar-refractivity contribution >= 4 is 5.91 Å². The zero-order valence-electron chi connectivity index (χ0n) is 8.65. The second-order valence-corrected chi connectivity index (χ2v) is 4.19. The van der Waals surface area contributed by atoms with Gasteiger partial charge in [-0.25, -0.2) is 0 Å². The first kappa shape index (κ1) is 10.5. The van der Waals surface area contributed by atoms with Crippen LogP contribution in [0.2, 0.25) is 0 Å². The van der Waals surface area contributed by atoms with Crippen LogP contribution >= 0.6 is 0 Å². The van der Waals surface area contributed by atoms with E-state index in [1.165, 1.54) is 12.8 Å². The molecule has 1 saturated carbocycles. The molecule has 3 nitrogen and oxygen atoms in total. The van der Waals surface area contributed by atoms with Crippen molar-refractivity contribution in [3.8, 4) is 0 Å². The summed E-state index contributed by atoms with van der Waals surface area (Å²) >= 11 is 0. The summed E-state index contributed by atoms with van der Waals surface area (Å²) in [6, 6.07) is 0. The van der Waals surface area contributed by atoms with Crippen LogP contribution in [-0.4, -0.2) is 25.5 Å². The van der Waals surface area contributed by atoms with Gasteiger partial charge in [0.05, 0.1) is 0 Å². The molecular formula is C10H20N2O. The number of amides is 1. The Morgan fingerprint density at radius 3 is 2.69 bits per heavy atom. The highest BCUT2D eigenvalue weighted by Crippen LogP contribution is 2.43. The van der Waals surface area contributed by atoms with E-state index in [1.807, 2.05) is 6.92 Å². The standard InChI is InChI=1S/C10H20N2O/c1-3-12-9(13)4-7-11-8-10(2)5-6-10/h11H,3-8H2,1-2H3,(H,12,13). The molecule has 13 heavy (non-hydrogen) atoms. The van der Waals surface area contributed by atoms with Crippen LogP contribution in [0.5, 0.6) is 0 Å². The normalized spacial score (nSPS) is 18.3. The fourth-order valence-electron chi connectivity index (χ4n) is 1.27. The average molecular weight is 184 g/mol. The Balaban J connectivity index is 1.91. The minimum absolute atomic E-state index is 0.149. The summed E-state index contributed by atoms with van der Waals surface area (Å²) in [5, 5.41) is 6.10. The Bertz CT molecular complexity index is 176. The molecule has 3 heteroatoms. The van der Waals surface area contributed by atoms with Gasteiger partial charge in [-0.1, -0.05) is 6.92 Å². The molecule has 0 aromatic heterocycles. The molecule has 1 amide bonds. The van der Waals surface area contributed by atoms with Gasteiger partial charge in [0.1, 0.15) is 0 Å². The highest BCUT2D eigenvalue weighted by molar-refractivity contribution is 5.75. The monoisotopic (exact) mass is 184 g/mol. The predicted molar refractivity (Wildman–Crippen MR) is 53.5 cm³/mol. The highest BCUT2D eigenvalue weighted by Gasteiger charge is 2.36. The van der Waals surface area contributed by atoms with Gasteiger partial charge in [0.2, 0.25) is 5.91 Å². The molecule has 1 fully saturated rings. The lowest BCUT2D eigenvalue weighted by Gasteiger charge is -2.09.